The highest BCUT2D eigenvalue weighted by molar-refractivity contribution is 5.96. The third-order valence-electron chi connectivity index (χ3n) is 3.24. The molecule has 3 rings (SSSR count). The first kappa shape index (κ1) is 13.8. The fourth-order valence-electron chi connectivity index (χ4n) is 2.17. The van der Waals surface area contributed by atoms with E-state index in [2.05, 4.69) is 10.1 Å². The Kier molecular flexibility index (Phi) is 3.57. The van der Waals surface area contributed by atoms with Gasteiger partial charge in [-0.1, -0.05) is 35.9 Å². The monoisotopic (exact) mass is 293 g/mol. The van der Waals surface area contributed by atoms with E-state index < -0.39 is 6.03 Å². The quantitative estimate of drug-likeness (QED) is 0.806. The van der Waals surface area contributed by atoms with Gasteiger partial charge in [-0.15, -0.1) is 0 Å². The molecular weight excluding hydrogens is 278 g/mol. The third kappa shape index (κ3) is 2.54. The highest BCUT2D eigenvalue weighted by Crippen LogP contribution is 2.25. The van der Waals surface area contributed by atoms with Crippen molar-refractivity contribution in [2.45, 2.75) is 6.92 Å². The van der Waals surface area contributed by atoms with Crippen molar-refractivity contribution in [3.8, 4) is 5.69 Å². The summed E-state index contributed by atoms with van der Waals surface area (Å²) in [6.07, 6.45) is 1.40. The maximum atomic E-state index is 11.9. The summed E-state index contributed by atoms with van der Waals surface area (Å²) in [6.45, 7) is 1.98. The molecule has 110 valence electrons. The number of hydrogen-bond acceptors (Lipinski definition) is 3. The molecule has 0 bridgehead atoms. The second kappa shape index (κ2) is 5.69. The van der Waals surface area contributed by atoms with E-state index in [1.807, 2.05) is 61.5 Å². The molecule has 0 spiro atoms. The van der Waals surface area contributed by atoms with Crippen LogP contribution in [0.4, 0.5) is 16.4 Å². The third-order valence-corrected chi connectivity index (χ3v) is 3.24. The zero-order valence-corrected chi connectivity index (χ0v) is 12.0. The predicted molar refractivity (Wildman–Crippen MR) is 84.3 cm³/mol. The summed E-state index contributed by atoms with van der Waals surface area (Å²) in [5, 5.41) is 4.19. The fraction of sp³-hybridized carbons (Fsp3) is 0.0625. The molecule has 1 heterocycles. The highest BCUT2D eigenvalue weighted by atomic mass is 16.2. The summed E-state index contributed by atoms with van der Waals surface area (Å²) < 4.78 is 1.57. The van der Waals surface area contributed by atoms with E-state index in [0.29, 0.717) is 11.6 Å². The van der Waals surface area contributed by atoms with Gasteiger partial charge in [0.25, 0.3) is 0 Å². The molecule has 0 unspecified atom stereocenters. The number of rotatable bonds is 3. The summed E-state index contributed by atoms with van der Waals surface area (Å²) in [7, 11) is 0. The Morgan fingerprint density at radius 3 is 2.41 bits per heavy atom. The molecule has 0 aliphatic rings. The second-order valence-electron chi connectivity index (χ2n) is 4.82. The molecule has 2 aromatic carbocycles. The lowest BCUT2D eigenvalue weighted by Gasteiger charge is -2.20. The SMILES string of the molecule is Cc1ccc(N(C(N)=O)c2ncnn2-c2ccccc2)cc1. The normalized spacial score (nSPS) is 10.4. The van der Waals surface area contributed by atoms with Gasteiger partial charge in [-0.25, -0.2) is 9.69 Å². The van der Waals surface area contributed by atoms with Crippen LogP contribution in [0.15, 0.2) is 60.9 Å². The Morgan fingerprint density at radius 2 is 1.77 bits per heavy atom. The highest BCUT2D eigenvalue weighted by Gasteiger charge is 2.21. The number of carbonyl (C=O) groups is 1. The summed E-state index contributed by atoms with van der Waals surface area (Å²) in [4.78, 5) is 17.5. The molecule has 2 N–H and O–H groups in total. The Balaban J connectivity index is 2.09. The van der Waals surface area contributed by atoms with Crippen molar-refractivity contribution >= 4 is 17.7 Å². The molecule has 3 aromatic rings. The average Bonchev–Trinajstić information content (AvgIpc) is 2.99. The minimum Gasteiger partial charge on any atom is -0.351 e. The molecule has 6 nitrogen and oxygen atoms in total. The summed E-state index contributed by atoms with van der Waals surface area (Å²) in [5.74, 6) is 0.350. The Bertz CT molecular complexity index is 780. The molecule has 0 aliphatic heterocycles. The van der Waals surface area contributed by atoms with E-state index in [0.717, 1.165) is 11.3 Å². The Hall–Kier alpha value is -3.15. The van der Waals surface area contributed by atoms with Crippen LogP contribution in [0.5, 0.6) is 0 Å². The van der Waals surface area contributed by atoms with Crippen LogP contribution in [0.1, 0.15) is 5.56 Å². The van der Waals surface area contributed by atoms with Crippen LogP contribution in [0, 0.1) is 6.92 Å². The van der Waals surface area contributed by atoms with Gasteiger partial charge in [0.15, 0.2) is 0 Å². The van der Waals surface area contributed by atoms with Crippen molar-refractivity contribution in [2.24, 2.45) is 5.73 Å². The van der Waals surface area contributed by atoms with E-state index in [1.165, 1.54) is 11.2 Å². The molecule has 0 aliphatic carbocycles. The van der Waals surface area contributed by atoms with Gasteiger partial charge in [0.1, 0.15) is 6.33 Å². The van der Waals surface area contributed by atoms with Crippen LogP contribution in [-0.4, -0.2) is 20.8 Å². The molecular formula is C16H15N5O. The van der Waals surface area contributed by atoms with E-state index in [-0.39, 0.29) is 0 Å². The van der Waals surface area contributed by atoms with Gasteiger partial charge >= 0.3 is 6.03 Å². The lowest BCUT2D eigenvalue weighted by molar-refractivity contribution is 0.255. The number of nitrogens with zero attached hydrogens (tertiary/aromatic N) is 4. The van der Waals surface area contributed by atoms with Crippen LogP contribution in [0.2, 0.25) is 0 Å². The van der Waals surface area contributed by atoms with Gasteiger partial charge in [0.2, 0.25) is 5.95 Å². The number of amides is 2. The lowest BCUT2D eigenvalue weighted by atomic mass is 10.2. The number of aromatic nitrogens is 3. The molecule has 0 saturated heterocycles. The number of nitrogens with two attached hydrogens (primary N) is 1. The van der Waals surface area contributed by atoms with Crippen LogP contribution in [-0.2, 0) is 0 Å². The van der Waals surface area contributed by atoms with Gasteiger partial charge in [-0.2, -0.15) is 14.8 Å². The van der Waals surface area contributed by atoms with Crippen molar-refractivity contribution in [3.05, 3.63) is 66.5 Å². The largest absolute Gasteiger partial charge is 0.351 e. The molecule has 1 aromatic heterocycles. The van der Waals surface area contributed by atoms with Crippen LogP contribution < -0.4 is 10.6 Å². The molecule has 0 radical (unpaired) electrons. The summed E-state index contributed by atoms with van der Waals surface area (Å²) >= 11 is 0. The minimum absolute atomic E-state index is 0.350. The maximum absolute atomic E-state index is 11.9. The molecule has 2 amide bonds. The number of hydrogen-bond donors (Lipinski definition) is 1. The minimum atomic E-state index is -0.617. The number of benzene rings is 2. The molecule has 0 atom stereocenters. The standard InChI is InChI=1S/C16H15N5O/c1-12-7-9-13(10-8-12)20(15(17)22)16-18-11-19-21(16)14-5-3-2-4-6-14/h2-11H,1H3,(H2,17,22). The predicted octanol–water partition coefficient (Wildman–Crippen LogP) is 2.79. The lowest BCUT2D eigenvalue weighted by Crippen LogP contribution is -2.33. The maximum Gasteiger partial charge on any atom is 0.326 e. The first-order valence-corrected chi connectivity index (χ1v) is 6.78. The van der Waals surface area contributed by atoms with Crippen LogP contribution in [0.3, 0.4) is 0 Å². The average molecular weight is 293 g/mol. The Morgan fingerprint density at radius 1 is 1.09 bits per heavy atom. The number of para-hydroxylation sites is 1. The van der Waals surface area contributed by atoms with Gasteiger partial charge in [-0.3, -0.25) is 0 Å². The number of aryl methyl sites for hydroxylation is 1. The zero-order valence-electron chi connectivity index (χ0n) is 12.0. The summed E-state index contributed by atoms with van der Waals surface area (Å²) in [6, 6.07) is 16.3. The first-order valence-electron chi connectivity index (χ1n) is 6.78. The molecule has 0 saturated carbocycles. The molecule has 0 fully saturated rings. The van der Waals surface area contributed by atoms with E-state index >= 15 is 0 Å². The Labute approximate surface area is 127 Å². The van der Waals surface area contributed by atoms with Crippen molar-refractivity contribution in [1.29, 1.82) is 0 Å². The van der Waals surface area contributed by atoms with E-state index in [9.17, 15) is 4.79 Å². The smallest absolute Gasteiger partial charge is 0.326 e. The van der Waals surface area contributed by atoms with Crippen molar-refractivity contribution < 1.29 is 4.79 Å². The van der Waals surface area contributed by atoms with E-state index in [4.69, 9.17) is 5.73 Å². The van der Waals surface area contributed by atoms with Crippen molar-refractivity contribution in [3.63, 3.8) is 0 Å². The van der Waals surface area contributed by atoms with Crippen LogP contribution >= 0.6 is 0 Å². The van der Waals surface area contributed by atoms with Gasteiger partial charge in [-0.05, 0) is 31.2 Å². The number of carbonyl (C=O) groups excluding carboxylic acids is 1. The fourth-order valence-corrected chi connectivity index (χ4v) is 2.17. The number of urea groups is 1. The zero-order chi connectivity index (χ0) is 15.5. The van der Waals surface area contributed by atoms with E-state index in [1.54, 1.807) is 4.68 Å². The molecule has 6 heteroatoms. The van der Waals surface area contributed by atoms with Gasteiger partial charge in [0, 0.05) is 0 Å². The second-order valence-corrected chi connectivity index (χ2v) is 4.82. The van der Waals surface area contributed by atoms with Gasteiger partial charge < -0.3 is 5.73 Å². The van der Waals surface area contributed by atoms with Crippen LogP contribution in [0.25, 0.3) is 5.69 Å². The van der Waals surface area contributed by atoms with Crippen molar-refractivity contribution in [2.75, 3.05) is 4.90 Å². The number of primary amides is 1. The van der Waals surface area contributed by atoms with Crippen molar-refractivity contribution in [1.82, 2.24) is 14.8 Å². The van der Waals surface area contributed by atoms with Gasteiger partial charge in [0.05, 0.1) is 11.4 Å². The first-order chi connectivity index (χ1) is 10.7. The summed E-state index contributed by atoms with van der Waals surface area (Å²) in [5.41, 5.74) is 8.09. The topological polar surface area (TPSA) is 77.0 Å². The number of anilines is 2. The molecule has 22 heavy (non-hydrogen) atoms.